The van der Waals surface area contributed by atoms with Crippen molar-refractivity contribution in [1.82, 2.24) is 0 Å². The van der Waals surface area contributed by atoms with Crippen LogP contribution in [0.15, 0.2) is 41.1 Å². The molecule has 1 aliphatic rings. The molecule has 0 aromatic heterocycles. The highest BCUT2D eigenvalue weighted by Gasteiger charge is 1.98. The van der Waals surface area contributed by atoms with Crippen LogP contribution in [0.4, 0.5) is 0 Å². The fourth-order valence-electron chi connectivity index (χ4n) is 0.727. The van der Waals surface area contributed by atoms with Crippen LogP contribution in [0.2, 0.25) is 0 Å². The second kappa shape index (κ2) is 3.30. The molecule has 0 unspecified atom stereocenters. The molecule has 2 heteroatoms. The van der Waals surface area contributed by atoms with Crippen molar-refractivity contribution < 1.29 is 5.11 Å². The summed E-state index contributed by atoms with van der Waals surface area (Å²) in [6.45, 7) is 5.71. The van der Waals surface area contributed by atoms with Gasteiger partial charge in [-0.1, -0.05) is 18.7 Å². The van der Waals surface area contributed by atoms with E-state index in [1.165, 1.54) is 0 Å². The molecule has 0 saturated carbocycles. The summed E-state index contributed by atoms with van der Waals surface area (Å²) in [6, 6.07) is 0. The highest BCUT2D eigenvalue weighted by molar-refractivity contribution is 6.00. The fourth-order valence-corrected chi connectivity index (χ4v) is 0.727. The lowest BCUT2D eigenvalue weighted by atomic mass is 10.2. The van der Waals surface area contributed by atoms with E-state index in [-0.39, 0.29) is 6.61 Å². The molecule has 1 heterocycles. The number of aliphatic hydroxyl groups excluding tert-OH is 1. The molecule has 2 nitrogen and oxygen atoms in total. The normalized spacial score (nSPS) is 17.5. The summed E-state index contributed by atoms with van der Waals surface area (Å²) in [5, 5.41) is 8.77. The molecule has 0 amide bonds. The smallest absolute Gasteiger partial charge is 0.0696 e. The lowest BCUT2D eigenvalue weighted by Gasteiger charge is -1.92. The Hall–Kier alpha value is -1.15. The van der Waals surface area contributed by atoms with E-state index in [0.29, 0.717) is 0 Å². The zero-order chi connectivity index (χ0) is 8.27. The van der Waals surface area contributed by atoms with E-state index in [9.17, 15) is 0 Å². The highest BCUT2D eigenvalue weighted by atomic mass is 16.3. The average molecular weight is 149 g/mol. The van der Waals surface area contributed by atoms with Crippen molar-refractivity contribution in [2.45, 2.75) is 6.92 Å². The van der Waals surface area contributed by atoms with Crippen molar-refractivity contribution >= 4 is 5.71 Å². The van der Waals surface area contributed by atoms with Gasteiger partial charge in [0.15, 0.2) is 0 Å². The topological polar surface area (TPSA) is 32.6 Å². The molecular weight excluding hydrogens is 138 g/mol. The Morgan fingerprint density at radius 3 is 2.91 bits per heavy atom. The van der Waals surface area contributed by atoms with Gasteiger partial charge in [-0.05, 0) is 18.1 Å². The minimum Gasteiger partial charge on any atom is -0.392 e. The monoisotopic (exact) mass is 149 g/mol. The van der Waals surface area contributed by atoms with E-state index in [1.807, 2.05) is 19.1 Å². The molecule has 0 atom stereocenters. The first-order valence-corrected chi connectivity index (χ1v) is 3.45. The Labute approximate surface area is 66.3 Å². The first kappa shape index (κ1) is 7.95. The predicted octanol–water partition coefficient (Wildman–Crippen LogP) is 1.45. The van der Waals surface area contributed by atoms with Gasteiger partial charge in [-0.25, -0.2) is 0 Å². The minimum absolute atomic E-state index is 0.0283. The van der Waals surface area contributed by atoms with E-state index in [1.54, 1.807) is 6.20 Å². The van der Waals surface area contributed by atoms with Crippen molar-refractivity contribution in [3.8, 4) is 0 Å². The Kier molecular flexibility index (Phi) is 2.39. The molecule has 0 bridgehead atoms. The Morgan fingerprint density at radius 1 is 1.55 bits per heavy atom. The number of rotatable bonds is 1. The molecule has 0 saturated heterocycles. The summed E-state index contributed by atoms with van der Waals surface area (Å²) >= 11 is 0. The maximum atomic E-state index is 8.77. The van der Waals surface area contributed by atoms with Crippen molar-refractivity contribution in [3.05, 3.63) is 36.1 Å². The van der Waals surface area contributed by atoms with Gasteiger partial charge < -0.3 is 5.11 Å². The number of hydrogen-bond acceptors (Lipinski definition) is 2. The Balaban J connectivity index is 2.93. The van der Waals surface area contributed by atoms with Crippen LogP contribution in [0, 0.1) is 0 Å². The van der Waals surface area contributed by atoms with Gasteiger partial charge in [0, 0.05) is 11.9 Å². The number of allylic oxidation sites excluding steroid dienone is 2. The molecule has 0 fully saturated rings. The van der Waals surface area contributed by atoms with Crippen LogP contribution in [-0.2, 0) is 0 Å². The van der Waals surface area contributed by atoms with E-state index in [2.05, 4.69) is 11.6 Å². The van der Waals surface area contributed by atoms with Gasteiger partial charge in [0.05, 0.1) is 6.61 Å². The van der Waals surface area contributed by atoms with Gasteiger partial charge in [-0.3, -0.25) is 4.99 Å². The maximum Gasteiger partial charge on any atom is 0.0696 e. The van der Waals surface area contributed by atoms with Gasteiger partial charge >= 0.3 is 0 Å². The van der Waals surface area contributed by atoms with Crippen molar-refractivity contribution in [2.24, 2.45) is 4.99 Å². The lowest BCUT2D eigenvalue weighted by Crippen LogP contribution is -1.89. The summed E-state index contributed by atoms with van der Waals surface area (Å²) in [5.41, 5.74) is 2.59. The first-order chi connectivity index (χ1) is 5.24. The van der Waals surface area contributed by atoms with Crippen LogP contribution in [-0.4, -0.2) is 17.4 Å². The average Bonchev–Trinajstić information content (AvgIpc) is 2.16. The third-order valence-corrected chi connectivity index (χ3v) is 1.57. The summed E-state index contributed by atoms with van der Waals surface area (Å²) < 4.78 is 0. The van der Waals surface area contributed by atoms with Gasteiger partial charge in [0.1, 0.15) is 0 Å². The molecule has 1 rings (SSSR count). The summed E-state index contributed by atoms with van der Waals surface area (Å²) in [4.78, 5) is 4.09. The van der Waals surface area contributed by atoms with Crippen LogP contribution in [0.25, 0.3) is 0 Å². The SMILES string of the molecule is C=C1C=CC(CO)=CN=C1C. The van der Waals surface area contributed by atoms with Crippen LogP contribution in [0.5, 0.6) is 0 Å². The van der Waals surface area contributed by atoms with Crippen LogP contribution >= 0.6 is 0 Å². The molecule has 0 aromatic rings. The van der Waals surface area contributed by atoms with Crippen molar-refractivity contribution in [2.75, 3.05) is 6.61 Å². The predicted molar refractivity (Wildman–Crippen MR) is 46.6 cm³/mol. The van der Waals surface area contributed by atoms with Gasteiger partial charge in [0.25, 0.3) is 0 Å². The number of aliphatic hydroxyl groups is 1. The molecule has 11 heavy (non-hydrogen) atoms. The largest absolute Gasteiger partial charge is 0.392 e. The van der Waals surface area contributed by atoms with Gasteiger partial charge in [0.2, 0.25) is 0 Å². The third kappa shape index (κ3) is 1.88. The molecule has 0 aliphatic carbocycles. The van der Waals surface area contributed by atoms with E-state index < -0.39 is 0 Å². The van der Waals surface area contributed by atoms with Gasteiger partial charge in [-0.2, -0.15) is 0 Å². The quantitative estimate of drug-likeness (QED) is 0.601. The molecule has 0 aromatic carbocycles. The zero-order valence-electron chi connectivity index (χ0n) is 6.54. The molecular formula is C9H11NO. The highest BCUT2D eigenvalue weighted by Crippen LogP contribution is 2.07. The van der Waals surface area contributed by atoms with Crippen LogP contribution in [0.1, 0.15) is 6.92 Å². The summed E-state index contributed by atoms with van der Waals surface area (Å²) in [7, 11) is 0. The van der Waals surface area contributed by atoms with Crippen molar-refractivity contribution in [1.29, 1.82) is 0 Å². The maximum absolute atomic E-state index is 8.77. The Bertz CT molecular complexity index is 259. The third-order valence-electron chi connectivity index (χ3n) is 1.57. The van der Waals surface area contributed by atoms with Crippen LogP contribution < -0.4 is 0 Å². The van der Waals surface area contributed by atoms with Crippen molar-refractivity contribution in [3.63, 3.8) is 0 Å². The number of aliphatic imine (C=N–C) groups is 1. The molecule has 0 radical (unpaired) electrons. The van der Waals surface area contributed by atoms with E-state index >= 15 is 0 Å². The molecule has 1 N–H and O–H groups in total. The summed E-state index contributed by atoms with van der Waals surface area (Å²) in [5.74, 6) is 0. The molecule has 58 valence electrons. The fraction of sp³-hybridized carbons (Fsp3) is 0.222. The van der Waals surface area contributed by atoms with Gasteiger partial charge in [-0.15, -0.1) is 0 Å². The van der Waals surface area contributed by atoms with E-state index in [0.717, 1.165) is 16.9 Å². The zero-order valence-corrected chi connectivity index (χ0v) is 6.54. The second-order valence-electron chi connectivity index (χ2n) is 2.44. The molecule has 0 spiro atoms. The minimum atomic E-state index is 0.0283. The second-order valence-corrected chi connectivity index (χ2v) is 2.44. The lowest BCUT2D eigenvalue weighted by molar-refractivity contribution is 0.335. The standard InChI is InChI=1S/C9H11NO/c1-7-3-4-9(6-11)5-10-8(7)2/h3-5,11H,1,6H2,2H3. The van der Waals surface area contributed by atoms with Crippen LogP contribution in [0.3, 0.4) is 0 Å². The first-order valence-electron chi connectivity index (χ1n) is 3.45. The summed E-state index contributed by atoms with van der Waals surface area (Å²) in [6.07, 6.45) is 5.33. The Morgan fingerprint density at radius 2 is 2.27 bits per heavy atom. The number of hydrogen-bond donors (Lipinski definition) is 1. The molecule has 1 aliphatic heterocycles. The van der Waals surface area contributed by atoms with E-state index in [4.69, 9.17) is 5.11 Å². The number of nitrogens with zero attached hydrogens (tertiary/aromatic N) is 1.